The largest absolute Gasteiger partial charge is 0.493 e. The van der Waals surface area contributed by atoms with Crippen molar-refractivity contribution in [2.45, 2.75) is 84.7 Å². The first-order chi connectivity index (χ1) is 18.5. The van der Waals surface area contributed by atoms with Crippen molar-refractivity contribution >= 4 is 17.9 Å². The van der Waals surface area contributed by atoms with E-state index in [0.29, 0.717) is 17.9 Å². The first-order valence-corrected chi connectivity index (χ1v) is 13.6. The summed E-state index contributed by atoms with van der Waals surface area (Å²) < 4.78 is 11.3. The highest BCUT2D eigenvalue weighted by molar-refractivity contribution is 5.92. The molecule has 1 aromatic rings. The minimum atomic E-state index is -0.971. The quantitative estimate of drug-likeness (QED) is 0.298. The van der Waals surface area contributed by atoms with E-state index in [4.69, 9.17) is 15.9 Å². The maximum atomic E-state index is 13.7. The normalized spacial score (nSPS) is 18.2. The lowest BCUT2D eigenvalue weighted by Crippen LogP contribution is -2.58. The van der Waals surface area contributed by atoms with Crippen LogP contribution in [0, 0.1) is 17.8 Å². The lowest BCUT2D eigenvalue weighted by Gasteiger charge is -2.35. The molecule has 1 aromatic carbocycles. The molecule has 1 heterocycles. The summed E-state index contributed by atoms with van der Waals surface area (Å²) in [5, 5.41) is 16.0. The van der Waals surface area contributed by atoms with Gasteiger partial charge >= 0.3 is 6.09 Å². The van der Waals surface area contributed by atoms with Crippen LogP contribution in [0.4, 0.5) is 4.79 Å². The van der Waals surface area contributed by atoms with E-state index in [0.717, 1.165) is 18.5 Å². The molecule has 10 heteroatoms. The average molecular weight is 559 g/mol. The molecule has 3 atom stereocenters. The van der Waals surface area contributed by atoms with Crippen molar-refractivity contribution in [2.24, 2.45) is 5.41 Å². The summed E-state index contributed by atoms with van der Waals surface area (Å²) in [5.41, 5.74) is -0.0122. The lowest BCUT2D eigenvalue weighted by molar-refractivity contribution is -0.142. The molecule has 0 unspecified atom stereocenters. The fraction of sp³-hybridized carbons (Fsp3) is 0.633. The van der Waals surface area contributed by atoms with Crippen molar-refractivity contribution in [3.05, 3.63) is 29.3 Å². The summed E-state index contributed by atoms with van der Waals surface area (Å²) in [6.45, 7) is 12.1. The van der Waals surface area contributed by atoms with E-state index >= 15 is 0 Å². The van der Waals surface area contributed by atoms with Gasteiger partial charge in [0.1, 0.15) is 23.4 Å². The highest BCUT2D eigenvalue weighted by Crippen LogP contribution is 2.27. The van der Waals surface area contributed by atoms with Crippen LogP contribution in [0.15, 0.2) is 18.2 Å². The van der Waals surface area contributed by atoms with Crippen LogP contribution >= 0.6 is 0 Å². The Morgan fingerprint density at radius 3 is 2.45 bits per heavy atom. The van der Waals surface area contributed by atoms with E-state index < -0.39 is 47.1 Å². The summed E-state index contributed by atoms with van der Waals surface area (Å²) >= 11 is 0. The molecule has 40 heavy (non-hydrogen) atoms. The van der Waals surface area contributed by atoms with Crippen LogP contribution < -0.4 is 15.4 Å². The van der Waals surface area contributed by atoms with Gasteiger partial charge in [-0.25, -0.2) is 4.79 Å². The second-order valence-electron chi connectivity index (χ2n) is 12.5. The monoisotopic (exact) mass is 558 g/mol. The van der Waals surface area contributed by atoms with Crippen molar-refractivity contribution in [2.75, 3.05) is 33.8 Å². The summed E-state index contributed by atoms with van der Waals surface area (Å²) in [7, 11) is 3.98. The number of terminal acetylenes is 1. The zero-order chi connectivity index (χ0) is 30.3. The molecule has 1 saturated heterocycles. The van der Waals surface area contributed by atoms with Crippen LogP contribution in [0.1, 0.15) is 65.5 Å². The number of benzene rings is 1. The van der Waals surface area contributed by atoms with Crippen LogP contribution in [-0.2, 0) is 20.9 Å². The number of hydrogen-bond donors (Lipinski definition) is 3. The van der Waals surface area contributed by atoms with Crippen LogP contribution in [0.5, 0.6) is 5.75 Å². The molecule has 0 spiro atoms. The number of amides is 3. The molecule has 10 nitrogen and oxygen atoms in total. The number of nitrogens with zero attached hydrogens (tertiary/aromatic N) is 2. The standard InChI is InChI=1S/C30H46N4O6/c1-10-20-12-13-21(24(16-20)39-15-11-14-33(8)9)18-31-26(36)23-17-22(35)19-34(23)27(37)25(29(2,3)4)32-28(38)40-30(5,6)7/h1,12-13,16,22-23,25,35H,11,14-15,17-19H2,2-9H3,(H,31,36)(H,32,38)/t22-,23+,25-/m1/s1. The van der Waals surface area contributed by atoms with Crippen molar-refractivity contribution in [1.29, 1.82) is 0 Å². The van der Waals surface area contributed by atoms with Gasteiger partial charge in [0.25, 0.3) is 0 Å². The Morgan fingerprint density at radius 1 is 1.20 bits per heavy atom. The number of aliphatic hydroxyl groups is 1. The Morgan fingerprint density at radius 2 is 1.88 bits per heavy atom. The molecule has 2 rings (SSSR count). The predicted molar refractivity (Wildman–Crippen MR) is 154 cm³/mol. The number of hydrogen-bond acceptors (Lipinski definition) is 7. The molecule has 3 N–H and O–H groups in total. The Balaban J connectivity index is 2.16. The number of carbonyl (C=O) groups is 3. The van der Waals surface area contributed by atoms with E-state index in [9.17, 15) is 19.5 Å². The van der Waals surface area contributed by atoms with Gasteiger partial charge in [0.15, 0.2) is 0 Å². The van der Waals surface area contributed by atoms with Gasteiger partial charge in [-0.1, -0.05) is 32.8 Å². The SMILES string of the molecule is C#Cc1ccc(CNC(=O)[C@@H]2C[C@@H](O)CN2C(=O)[C@@H](NC(=O)OC(C)(C)C)C(C)(C)C)c(OCCCN(C)C)c1. The number of aliphatic hydroxyl groups excluding tert-OH is 1. The van der Waals surface area contributed by atoms with Gasteiger partial charge in [0, 0.05) is 37.2 Å². The molecule has 1 aliphatic rings. The summed E-state index contributed by atoms with van der Waals surface area (Å²) in [6, 6.07) is 3.48. The number of β-amino-alcohol motifs (C(OH)–C–C–N with tert-alkyl or cyclic N) is 1. The van der Waals surface area contributed by atoms with Gasteiger partial charge in [-0.2, -0.15) is 0 Å². The molecule has 0 radical (unpaired) electrons. The molecule has 1 fully saturated rings. The third kappa shape index (κ3) is 10.0. The minimum Gasteiger partial charge on any atom is -0.493 e. The fourth-order valence-corrected chi connectivity index (χ4v) is 4.33. The average Bonchev–Trinajstić information content (AvgIpc) is 3.23. The van der Waals surface area contributed by atoms with Gasteiger partial charge in [-0.05, 0) is 58.8 Å². The first-order valence-electron chi connectivity index (χ1n) is 13.6. The highest BCUT2D eigenvalue weighted by Gasteiger charge is 2.44. The van der Waals surface area contributed by atoms with E-state index in [1.54, 1.807) is 32.9 Å². The number of alkyl carbamates (subject to hydrolysis) is 1. The molecule has 0 bridgehead atoms. The van der Waals surface area contributed by atoms with E-state index in [2.05, 4.69) is 21.5 Å². The Hall–Kier alpha value is -3.29. The lowest BCUT2D eigenvalue weighted by atomic mass is 9.85. The number of carbonyl (C=O) groups excluding carboxylic acids is 3. The maximum Gasteiger partial charge on any atom is 0.408 e. The van der Waals surface area contributed by atoms with Gasteiger partial charge in [-0.15, -0.1) is 6.42 Å². The Labute approximate surface area is 238 Å². The summed E-state index contributed by atoms with van der Waals surface area (Å²) in [5.74, 6) is 2.32. The Kier molecular flexibility index (Phi) is 11.4. The minimum absolute atomic E-state index is 0.0173. The number of nitrogens with one attached hydrogen (secondary N) is 2. The fourth-order valence-electron chi connectivity index (χ4n) is 4.33. The molecule has 0 aliphatic carbocycles. The third-order valence-corrected chi connectivity index (χ3v) is 6.33. The molecular formula is C30H46N4O6. The van der Waals surface area contributed by atoms with E-state index in [-0.39, 0.29) is 19.5 Å². The van der Waals surface area contributed by atoms with Crippen molar-refractivity contribution in [3.8, 4) is 18.1 Å². The van der Waals surface area contributed by atoms with Crippen LogP contribution in [0.25, 0.3) is 0 Å². The van der Waals surface area contributed by atoms with Crippen molar-refractivity contribution < 1.29 is 29.0 Å². The maximum absolute atomic E-state index is 13.7. The number of rotatable bonds is 10. The van der Waals surface area contributed by atoms with E-state index in [1.165, 1.54) is 4.90 Å². The second kappa shape index (κ2) is 13.9. The third-order valence-electron chi connectivity index (χ3n) is 6.33. The van der Waals surface area contributed by atoms with Gasteiger partial charge < -0.3 is 35.0 Å². The first kappa shape index (κ1) is 32.9. The van der Waals surface area contributed by atoms with Crippen LogP contribution in [0.3, 0.4) is 0 Å². The zero-order valence-electron chi connectivity index (χ0n) is 25.2. The molecular weight excluding hydrogens is 512 g/mol. The van der Waals surface area contributed by atoms with Crippen molar-refractivity contribution in [3.63, 3.8) is 0 Å². The van der Waals surface area contributed by atoms with E-state index in [1.807, 2.05) is 40.9 Å². The van der Waals surface area contributed by atoms with Crippen LogP contribution in [0.2, 0.25) is 0 Å². The number of ether oxygens (including phenoxy) is 2. The van der Waals surface area contributed by atoms with Gasteiger partial charge in [0.2, 0.25) is 11.8 Å². The summed E-state index contributed by atoms with van der Waals surface area (Å²) in [6.07, 6.45) is 4.88. The molecule has 0 saturated carbocycles. The zero-order valence-corrected chi connectivity index (χ0v) is 25.2. The van der Waals surface area contributed by atoms with Crippen LogP contribution in [-0.4, -0.2) is 90.4 Å². The summed E-state index contributed by atoms with van der Waals surface area (Å²) in [4.78, 5) is 42.9. The molecule has 222 valence electrons. The smallest absolute Gasteiger partial charge is 0.408 e. The van der Waals surface area contributed by atoms with Gasteiger partial charge in [-0.3, -0.25) is 9.59 Å². The Bertz CT molecular complexity index is 1080. The highest BCUT2D eigenvalue weighted by atomic mass is 16.6. The number of likely N-dealkylation sites (tertiary alicyclic amines) is 1. The topological polar surface area (TPSA) is 120 Å². The van der Waals surface area contributed by atoms with Gasteiger partial charge in [0.05, 0.1) is 12.7 Å². The molecule has 0 aromatic heterocycles. The molecule has 1 aliphatic heterocycles. The van der Waals surface area contributed by atoms with Crippen molar-refractivity contribution in [1.82, 2.24) is 20.4 Å². The molecule has 3 amide bonds. The predicted octanol–water partition coefficient (Wildman–Crippen LogP) is 2.52. The second-order valence-corrected chi connectivity index (χ2v) is 12.5.